The molecule has 146 valence electrons. The molecule has 6 heteroatoms. The van der Waals surface area contributed by atoms with E-state index < -0.39 is 0 Å². The van der Waals surface area contributed by atoms with Gasteiger partial charge in [-0.25, -0.2) is 0 Å². The van der Waals surface area contributed by atoms with Gasteiger partial charge in [-0.05, 0) is 53.1 Å². The zero-order valence-corrected chi connectivity index (χ0v) is 16.2. The minimum atomic E-state index is -0.136. The van der Waals surface area contributed by atoms with E-state index in [0.29, 0.717) is 5.82 Å². The van der Waals surface area contributed by atoms with Crippen LogP contribution in [-0.2, 0) is 11.2 Å². The number of methoxy groups -OCH3 is 2. The molecule has 2 N–H and O–H groups in total. The number of nitrogens with zero attached hydrogens (tertiary/aromatic N) is 1. The van der Waals surface area contributed by atoms with Crippen LogP contribution in [0.1, 0.15) is 5.56 Å². The minimum absolute atomic E-state index is 0.136. The third-order valence-electron chi connectivity index (χ3n) is 4.72. The Morgan fingerprint density at radius 1 is 0.931 bits per heavy atom. The first kappa shape index (κ1) is 18.6. The average Bonchev–Trinajstić information content (AvgIpc) is 3.15. The number of benzene rings is 3. The summed E-state index contributed by atoms with van der Waals surface area (Å²) < 4.78 is 10.5. The lowest BCUT2D eigenvalue weighted by atomic mass is 10.0. The molecule has 4 aromatic rings. The Labute approximate surface area is 168 Å². The highest BCUT2D eigenvalue weighted by Gasteiger charge is 2.11. The van der Waals surface area contributed by atoms with Crippen LogP contribution in [0.15, 0.2) is 66.7 Å². The number of carbonyl (C=O) groups excluding carboxylic acids is 1. The first-order chi connectivity index (χ1) is 14.2. The lowest BCUT2D eigenvalue weighted by Gasteiger charge is -2.06. The largest absolute Gasteiger partial charge is 0.497 e. The lowest BCUT2D eigenvalue weighted by molar-refractivity contribution is -0.115. The third kappa shape index (κ3) is 4.06. The number of nitrogens with one attached hydrogen (secondary N) is 2. The zero-order valence-electron chi connectivity index (χ0n) is 16.2. The molecule has 4 rings (SSSR count). The van der Waals surface area contributed by atoms with E-state index in [9.17, 15) is 4.79 Å². The number of aromatic amines is 1. The molecule has 0 unspecified atom stereocenters. The van der Waals surface area contributed by atoms with E-state index in [1.54, 1.807) is 14.2 Å². The second-order valence-electron chi connectivity index (χ2n) is 6.64. The molecule has 0 atom stereocenters. The average molecular weight is 387 g/mol. The van der Waals surface area contributed by atoms with Gasteiger partial charge in [0.05, 0.1) is 26.2 Å². The van der Waals surface area contributed by atoms with Crippen molar-refractivity contribution in [2.24, 2.45) is 0 Å². The minimum Gasteiger partial charge on any atom is -0.497 e. The van der Waals surface area contributed by atoms with Crippen molar-refractivity contribution in [3.63, 3.8) is 0 Å². The maximum absolute atomic E-state index is 12.5. The first-order valence-electron chi connectivity index (χ1n) is 9.21. The first-order valence-corrected chi connectivity index (χ1v) is 9.21. The van der Waals surface area contributed by atoms with Crippen LogP contribution in [0.2, 0.25) is 0 Å². The number of ether oxygens (including phenoxy) is 2. The standard InChI is InChI=1S/C23H21N3O3/c1-28-18-7-3-5-15(11-18)12-22(27)24-23-20-10-9-17(14-21(20)25-26-23)16-6-4-8-19(13-16)29-2/h3-11,13-14H,12H2,1-2H3,(H2,24,25,26,27). The highest BCUT2D eigenvalue weighted by atomic mass is 16.5. The van der Waals surface area contributed by atoms with E-state index in [2.05, 4.69) is 15.5 Å². The predicted octanol–water partition coefficient (Wildman–Crippen LogP) is 4.43. The molecule has 1 amide bonds. The number of carbonyl (C=O) groups is 1. The molecule has 0 aliphatic rings. The Morgan fingerprint density at radius 2 is 1.66 bits per heavy atom. The van der Waals surface area contributed by atoms with Crippen LogP contribution < -0.4 is 14.8 Å². The molecular formula is C23H21N3O3. The summed E-state index contributed by atoms with van der Waals surface area (Å²) in [5.74, 6) is 1.91. The van der Waals surface area contributed by atoms with Gasteiger partial charge in [-0.3, -0.25) is 9.89 Å². The molecule has 3 aromatic carbocycles. The fourth-order valence-corrected chi connectivity index (χ4v) is 3.24. The van der Waals surface area contributed by atoms with Crippen LogP contribution >= 0.6 is 0 Å². The highest BCUT2D eigenvalue weighted by Crippen LogP contribution is 2.29. The molecule has 1 aromatic heterocycles. The molecule has 0 radical (unpaired) electrons. The molecule has 0 aliphatic heterocycles. The summed E-state index contributed by atoms with van der Waals surface area (Å²) in [6, 6.07) is 21.3. The van der Waals surface area contributed by atoms with Gasteiger partial charge >= 0.3 is 0 Å². The van der Waals surface area contributed by atoms with Gasteiger partial charge in [-0.15, -0.1) is 0 Å². The summed E-state index contributed by atoms with van der Waals surface area (Å²) >= 11 is 0. The van der Waals surface area contributed by atoms with Crippen LogP contribution in [0.5, 0.6) is 11.5 Å². The van der Waals surface area contributed by atoms with Crippen molar-refractivity contribution in [2.45, 2.75) is 6.42 Å². The number of amides is 1. The molecular weight excluding hydrogens is 366 g/mol. The second kappa shape index (κ2) is 8.06. The molecule has 0 bridgehead atoms. The van der Waals surface area contributed by atoms with Crippen molar-refractivity contribution in [1.29, 1.82) is 0 Å². The van der Waals surface area contributed by atoms with Crippen molar-refractivity contribution in [3.05, 3.63) is 72.3 Å². The van der Waals surface area contributed by atoms with Crippen LogP contribution in [0, 0.1) is 0 Å². The number of hydrogen-bond acceptors (Lipinski definition) is 4. The van der Waals surface area contributed by atoms with Gasteiger partial charge in [-0.2, -0.15) is 5.10 Å². The molecule has 0 saturated carbocycles. The molecule has 1 heterocycles. The summed E-state index contributed by atoms with van der Waals surface area (Å²) in [6.45, 7) is 0. The van der Waals surface area contributed by atoms with Crippen molar-refractivity contribution in [2.75, 3.05) is 19.5 Å². The molecule has 0 saturated heterocycles. The smallest absolute Gasteiger partial charge is 0.230 e. The molecule has 0 spiro atoms. The Kier molecular flexibility index (Phi) is 5.16. The lowest BCUT2D eigenvalue weighted by Crippen LogP contribution is -2.14. The fourth-order valence-electron chi connectivity index (χ4n) is 3.24. The van der Waals surface area contributed by atoms with E-state index in [1.807, 2.05) is 66.7 Å². The number of hydrogen-bond donors (Lipinski definition) is 2. The third-order valence-corrected chi connectivity index (χ3v) is 4.72. The van der Waals surface area contributed by atoms with Crippen molar-refractivity contribution < 1.29 is 14.3 Å². The van der Waals surface area contributed by atoms with Gasteiger partial charge in [0.2, 0.25) is 5.91 Å². The Morgan fingerprint density at radius 3 is 2.45 bits per heavy atom. The molecule has 0 fully saturated rings. The Balaban J connectivity index is 1.53. The van der Waals surface area contributed by atoms with Crippen molar-refractivity contribution in [3.8, 4) is 22.6 Å². The van der Waals surface area contributed by atoms with Crippen molar-refractivity contribution in [1.82, 2.24) is 10.2 Å². The number of rotatable bonds is 6. The van der Waals surface area contributed by atoms with Crippen LogP contribution in [0.3, 0.4) is 0 Å². The van der Waals surface area contributed by atoms with E-state index in [-0.39, 0.29) is 12.3 Å². The van der Waals surface area contributed by atoms with Gasteiger partial charge in [-0.1, -0.05) is 30.3 Å². The maximum Gasteiger partial charge on any atom is 0.230 e. The fraction of sp³-hybridized carbons (Fsp3) is 0.130. The predicted molar refractivity (Wildman–Crippen MR) is 113 cm³/mol. The van der Waals surface area contributed by atoms with Gasteiger partial charge in [0.1, 0.15) is 11.5 Å². The summed E-state index contributed by atoms with van der Waals surface area (Å²) in [5.41, 5.74) is 3.81. The zero-order chi connectivity index (χ0) is 20.2. The second-order valence-corrected chi connectivity index (χ2v) is 6.64. The number of anilines is 1. The normalized spacial score (nSPS) is 10.7. The monoisotopic (exact) mass is 387 g/mol. The molecule has 0 aliphatic carbocycles. The Hall–Kier alpha value is -3.80. The summed E-state index contributed by atoms with van der Waals surface area (Å²) in [5, 5.41) is 11.0. The van der Waals surface area contributed by atoms with Crippen LogP contribution in [-0.4, -0.2) is 30.3 Å². The SMILES string of the molecule is COc1cccc(CC(=O)Nc2n[nH]c3cc(-c4cccc(OC)c4)ccc23)c1. The van der Waals surface area contributed by atoms with Gasteiger partial charge in [0, 0.05) is 5.39 Å². The van der Waals surface area contributed by atoms with Crippen LogP contribution in [0.25, 0.3) is 22.0 Å². The summed E-state index contributed by atoms with van der Waals surface area (Å²) in [7, 11) is 3.26. The Bertz CT molecular complexity index is 1170. The quantitative estimate of drug-likeness (QED) is 0.513. The van der Waals surface area contributed by atoms with E-state index in [0.717, 1.165) is 39.1 Å². The molecule has 6 nitrogen and oxygen atoms in total. The highest BCUT2D eigenvalue weighted by molar-refractivity contribution is 6.01. The van der Waals surface area contributed by atoms with Crippen molar-refractivity contribution >= 4 is 22.6 Å². The number of aromatic nitrogens is 2. The topological polar surface area (TPSA) is 76.2 Å². The summed E-state index contributed by atoms with van der Waals surface area (Å²) in [4.78, 5) is 12.5. The number of H-pyrrole nitrogens is 1. The molecule has 29 heavy (non-hydrogen) atoms. The van der Waals surface area contributed by atoms with E-state index in [1.165, 1.54) is 0 Å². The van der Waals surface area contributed by atoms with Gasteiger partial charge in [0.25, 0.3) is 0 Å². The van der Waals surface area contributed by atoms with Gasteiger partial charge in [0.15, 0.2) is 5.82 Å². The van der Waals surface area contributed by atoms with Gasteiger partial charge < -0.3 is 14.8 Å². The van der Waals surface area contributed by atoms with E-state index >= 15 is 0 Å². The van der Waals surface area contributed by atoms with E-state index in [4.69, 9.17) is 9.47 Å². The maximum atomic E-state index is 12.5. The van der Waals surface area contributed by atoms with Crippen LogP contribution in [0.4, 0.5) is 5.82 Å². The number of fused-ring (bicyclic) bond motifs is 1. The summed E-state index contributed by atoms with van der Waals surface area (Å²) in [6.07, 6.45) is 0.243.